The minimum absolute atomic E-state index is 0.0404. The maximum absolute atomic E-state index is 2.24. The van der Waals surface area contributed by atoms with Crippen molar-refractivity contribution in [2.75, 3.05) is 0 Å². The van der Waals surface area contributed by atoms with Crippen molar-refractivity contribution in [3.63, 3.8) is 0 Å². The molecule has 0 saturated carbocycles. The highest BCUT2D eigenvalue weighted by atomic mass is 15.3. The SMILES string of the molecule is C[n+]1ccn(C(c2ccc(C(n3cc[n+](C)c3)n3cc[n+](C)c3)cc2)n2cc[n+](C)c2)c1. The fourth-order valence-corrected chi connectivity index (χ4v) is 4.29. The highest BCUT2D eigenvalue weighted by Crippen LogP contribution is 2.25. The molecular formula is C24H30N8+4. The van der Waals surface area contributed by atoms with Gasteiger partial charge in [0.1, 0.15) is 49.6 Å². The van der Waals surface area contributed by atoms with E-state index < -0.39 is 0 Å². The Morgan fingerprint density at radius 3 is 0.906 bits per heavy atom. The van der Waals surface area contributed by atoms with Gasteiger partial charge in [0, 0.05) is 11.1 Å². The van der Waals surface area contributed by atoms with E-state index in [1.54, 1.807) is 0 Å². The Balaban J connectivity index is 1.56. The quantitative estimate of drug-likeness (QED) is 0.349. The van der Waals surface area contributed by atoms with Gasteiger partial charge in [-0.2, -0.15) is 18.3 Å². The monoisotopic (exact) mass is 430 g/mol. The lowest BCUT2D eigenvalue weighted by Crippen LogP contribution is -2.28. The average Bonchev–Trinajstić information content (AvgIpc) is 3.56. The van der Waals surface area contributed by atoms with Gasteiger partial charge < -0.3 is 0 Å². The smallest absolute Gasteiger partial charge is 0.239 e. The molecule has 0 aliphatic heterocycles. The highest BCUT2D eigenvalue weighted by molar-refractivity contribution is 5.28. The minimum Gasteiger partial charge on any atom is -0.239 e. The Bertz CT molecular complexity index is 1150. The van der Waals surface area contributed by atoms with E-state index in [-0.39, 0.29) is 12.3 Å². The van der Waals surface area contributed by atoms with Crippen LogP contribution in [0.3, 0.4) is 0 Å². The van der Waals surface area contributed by atoms with Gasteiger partial charge in [-0.05, 0) is 24.3 Å². The van der Waals surface area contributed by atoms with E-state index >= 15 is 0 Å². The second-order valence-electron chi connectivity index (χ2n) is 8.52. The molecule has 32 heavy (non-hydrogen) atoms. The van der Waals surface area contributed by atoms with Crippen molar-refractivity contribution in [3.05, 3.63) is 110 Å². The summed E-state index contributed by atoms with van der Waals surface area (Å²) in [7, 11) is 8.19. The number of benzene rings is 1. The van der Waals surface area contributed by atoms with Crippen LogP contribution in [0.1, 0.15) is 23.5 Å². The van der Waals surface area contributed by atoms with Gasteiger partial charge in [0.25, 0.3) is 12.3 Å². The molecule has 0 unspecified atom stereocenters. The van der Waals surface area contributed by atoms with Gasteiger partial charge in [-0.1, -0.05) is 0 Å². The summed E-state index contributed by atoms with van der Waals surface area (Å²) in [5, 5.41) is 0. The Labute approximate surface area is 187 Å². The van der Waals surface area contributed by atoms with E-state index in [1.165, 1.54) is 11.1 Å². The number of hydrogen-bond donors (Lipinski definition) is 0. The van der Waals surface area contributed by atoms with E-state index in [2.05, 4.69) is 136 Å². The molecule has 4 heterocycles. The predicted octanol–water partition coefficient (Wildman–Crippen LogP) is 0.381. The summed E-state index contributed by atoms with van der Waals surface area (Å²) in [6.07, 6.45) is 25.3. The average molecular weight is 431 g/mol. The predicted molar refractivity (Wildman–Crippen MR) is 116 cm³/mol. The zero-order chi connectivity index (χ0) is 22.2. The molecule has 8 nitrogen and oxygen atoms in total. The molecule has 0 aliphatic rings. The van der Waals surface area contributed by atoms with Gasteiger partial charge in [-0.15, -0.1) is 0 Å². The number of aromatic nitrogens is 8. The second kappa shape index (κ2) is 7.96. The van der Waals surface area contributed by atoms with Crippen LogP contribution >= 0.6 is 0 Å². The van der Waals surface area contributed by atoms with Crippen molar-refractivity contribution in [2.45, 2.75) is 12.3 Å². The minimum atomic E-state index is 0.0404. The van der Waals surface area contributed by atoms with Gasteiger partial charge in [-0.25, -0.2) is 18.3 Å². The van der Waals surface area contributed by atoms with Crippen LogP contribution in [0.5, 0.6) is 0 Å². The lowest BCUT2D eigenvalue weighted by atomic mass is 10.1. The Hall–Kier alpha value is -3.94. The number of imidazole rings is 4. The van der Waals surface area contributed by atoms with Crippen molar-refractivity contribution in [1.29, 1.82) is 0 Å². The summed E-state index contributed by atoms with van der Waals surface area (Å²) in [6, 6.07) is 8.94. The normalized spacial score (nSPS) is 11.7. The van der Waals surface area contributed by atoms with E-state index in [0.29, 0.717) is 0 Å². The van der Waals surface area contributed by atoms with E-state index in [9.17, 15) is 0 Å². The molecule has 5 rings (SSSR count). The fraction of sp³-hybridized carbons (Fsp3) is 0.250. The maximum Gasteiger partial charge on any atom is 0.268 e. The molecule has 0 fully saturated rings. The van der Waals surface area contributed by atoms with Crippen LogP contribution in [0.4, 0.5) is 0 Å². The second-order valence-corrected chi connectivity index (χ2v) is 8.52. The molecule has 0 atom stereocenters. The molecule has 1 aromatic carbocycles. The number of hydrogen-bond acceptors (Lipinski definition) is 0. The topological polar surface area (TPSA) is 35.2 Å². The van der Waals surface area contributed by atoms with E-state index in [1.807, 2.05) is 28.2 Å². The molecule has 4 aromatic heterocycles. The Morgan fingerprint density at radius 2 is 0.719 bits per heavy atom. The van der Waals surface area contributed by atoms with Gasteiger partial charge in [0.15, 0.2) is 0 Å². The number of nitrogens with zero attached hydrogens (tertiary/aromatic N) is 8. The van der Waals surface area contributed by atoms with Crippen LogP contribution in [0.15, 0.2) is 99.1 Å². The molecule has 0 aliphatic carbocycles. The standard InChI is InChI=1S/C24H30N8/c1-25-9-13-29(17-25)23(30-14-10-26(2)18-30)21-5-7-22(8-6-21)24(31-15-11-27(3)19-31)32-16-12-28(4)20-32/h5-20,23-24H,1-4H3/q+4. The molecule has 0 amide bonds. The van der Waals surface area contributed by atoms with Crippen LogP contribution < -0.4 is 18.3 Å². The third-order valence-electron chi connectivity index (χ3n) is 5.82. The lowest BCUT2D eigenvalue weighted by Gasteiger charge is -2.14. The summed E-state index contributed by atoms with van der Waals surface area (Å²) >= 11 is 0. The van der Waals surface area contributed by atoms with Crippen molar-refractivity contribution < 1.29 is 18.3 Å². The third-order valence-corrected chi connectivity index (χ3v) is 5.82. The van der Waals surface area contributed by atoms with Crippen molar-refractivity contribution in [2.24, 2.45) is 28.2 Å². The van der Waals surface area contributed by atoms with Crippen LogP contribution in [0.2, 0.25) is 0 Å². The summed E-state index contributed by atoms with van der Waals surface area (Å²) in [6.45, 7) is 0. The Morgan fingerprint density at radius 1 is 0.469 bits per heavy atom. The summed E-state index contributed by atoms with van der Waals surface area (Å²) in [5.74, 6) is 0. The van der Waals surface area contributed by atoms with Crippen molar-refractivity contribution >= 4 is 0 Å². The molecule has 0 N–H and O–H groups in total. The molecule has 0 saturated heterocycles. The molecule has 162 valence electrons. The van der Waals surface area contributed by atoms with Crippen molar-refractivity contribution in [3.8, 4) is 0 Å². The van der Waals surface area contributed by atoms with Crippen LogP contribution in [0, 0.1) is 0 Å². The number of aryl methyl sites for hydroxylation is 4. The molecule has 8 heteroatoms. The summed E-state index contributed by atoms with van der Waals surface area (Å²) in [4.78, 5) is 0. The first-order valence-electron chi connectivity index (χ1n) is 10.7. The van der Waals surface area contributed by atoms with Crippen LogP contribution in [0.25, 0.3) is 0 Å². The van der Waals surface area contributed by atoms with E-state index in [4.69, 9.17) is 0 Å². The maximum atomic E-state index is 2.24. The molecular weight excluding hydrogens is 400 g/mol. The summed E-state index contributed by atoms with van der Waals surface area (Å²) < 4.78 is 17.2. The van der Waals surface area contributed by atoms with Gasteiger partial charge in [-0.3, -0.25) is 0 Å². The molecule has 5 aromatic rings. The van der Waals surface area contributed by atoms with Crippen LogP contribution in [-0.4, -0.2) is 18.3 Å². The first-order chi connectivity index (χ1) is 15.5. The summed E-state index contributed by atoms with van der Waals surface area (Å²) in [5.41, 5.74) is 2.44. The van der Waals surface area contributed by atoms with Gasteiger partial charge >= 0.3 is 0 Å². The zero-order valence-electron chi connectivity index (χ0n) is 19.0. The lowest BCUT2D eigenvalue weighted by molar-refractivity contribution is -0.672. The Kier molecular flexibility index (Phi) is 4.97. The first kappa shape index (κ1) is 20.0. The zero-order valence-corrected chi connectivity index (χ0v) is 19.0. The fourth-order valence-electron chi connectivity index (χ4n) is 4.29. The number of rotatable bonds is 6. The highest BCUT2D eigenvalue weighted by Gasteiger charge is 2.29. The molecule has 0 bridgehead atoms. The van der Waals surface area contributed by atoms with Gasteiger partial charge in [0.05, 0.1) is 28.2 Å². The molecule has 0 radical (unpaired) electrons. The first-order valence-corrected chi connectivity index (χ1v) is 10.7. The van der Waals surface area contributed by atoms with E-state index in [0.717, 1.165) is 0 Å². The van der Waals surface area contributed by atoms with Gasteiger partial charge in [0.2, 0.25) is 25.3 Å². The van der Waals surface area contributed by atoms with Crippen molar-refractivity contribution in [1.82, 2.24) is 18.3 Å². The van der Waals surface area contributed by atoms with Crippen LogP contribution in [-0.2, 0) is 28.2 Å². The largest absolute Gasteiger partial charge is 0.268 e. The molecule has 0 spiro atoms. The third kappa shape index (κ3) is 3.75.